The molecule has 0 bridgehead atoms. The first-order valence-electron chi connectivity index (χ1n) is 10.8. The predicted octanol–water partition coefficient (Wildman–Crippen LogP) is 2.79. The van der Waals surface area contributed by atoms with Crippen LogP contribution in [0.3, 0.4) is 0 Å². The van der Waals surface area contributed by atoms with Crippen LogP contribution >= 0.6 is 0 Å². The molecule has 0 N–H and O–H groups in total. The normalized spacial score (nSPS) is 13.9. The molecule has 1 saturated heterocycles. The van der Waals surface area contributed by atoms with Gasteiger partial charge in [0.15, 0.2) is 11.3 Å². The molecule has 4 heterocycles. The number of benzene rings is 1. The van der Waals surface area contributed by atoms with Gasteiger partial charge in [-0.15, -0.1) is 0 Å². The number of fused-ring (bicyclic) bond motifs is 1. The minimum atomic E-state index is -4.96. The van der Waals surface area contributed by atoms with Crippen LogP contribution in [0.2, 0.25) is 0 Å². The number of alkyl halides is 3. The highest BCUT2D eigenvalue weighted by atomic mass is 19.4. The van der Waals surface area contributed by atoms with Gasteiger partial charge in [-0.1, -0.05) is 0 Å². The van der Waals surface area contributed by atoms with Crippen LogP contribution in [0.4, 0.5) is 23.5 Å². The third kappa shape index (κ3) is 4.28. The average molecular weight is 512 g/mol. The molecule has 0 amide bonds. The molecule has 1 aromatic carbocycles. The molecule has 5 rings (SSSR count). The van der Waals surface area contributed by atoms with Crippen molar-refractivity contribution in [1.82, 2.24) is 29.5 Å². The Balaban J connectivity index is 1.61. The van der Waals surface area contributed by atoms with Crippen LogP contribution < -0.4 is 15.2 Å². The molecule has 0 spiro atoms. The van der Waals surface area contributed by atoms with Crippen molar-refractivity contribution in [3.8, 4) is 23.1 Å². The van der Waals surface area contributed by atoms with Gasteiger partial charge in [-0.05, 0) is 25.1 Å². The molecule has 4 aromatic rings. The SMILES string of the molecule is Cc1ncncc1OC1CN(c2nc(-c3ccc(C#N)cc3F)c3nc(C(F)(F)F)n(C)c(=O)c3n2)C1. The van der Waals surface area contributed by atoms with E-state index in [0.717, 1.165) is 13.1 Å². The Morgan fingerprint density at radius 1 is 1.16 bits per heavy atom. The Morgan fingerprint density at radius 3 is 2.57 bits per heavy atom. The second-order valence-corrected chi connectivity index (χ2v) is 8.29. The van der Waals surface area contributed by atoms with Crippen molar-refractivity contribution in [2.45, 2.75) is 19.2 Å². The van der Waals surface area contributed by atoms with Crippen LogP contribution in [0.25, 0.3) is 22.3 Å². The van der Waals surface area contributed by atoms with Gasteiger partial charge in [0, 0.05) is 12.6 Å². The molecule has 0 aliphatic carbocycles. The van der Waals surface area contributed by atoms with Crippen LogP contribution in [0.1, 0.15) is 17.1 Å². The zero-order valence-corrected chi connectivity index (χ0v) is 19.3. The van der Waals surface area contributed by atoms with E-state index in [4.69, 9.17) is 10.00 Å². The molecule has 37 heavy (non-hydrogen) atoms. The van der Waals surface area contributed by atoms with Crippen LogP contribution in [0, 0.1) is 24.1 Å². The van der Waals surface area contributed by atoms with Gasteiger partial charge >= 0.3 is 6.18 Å². The molecular formula is C23H16F4N8O2. The number of hydrogen-bond acceptors (Lipinski definition) is 9. The lowest BCUT2D eigenvalue weighted by Gasteiger charge is -2.39. The summed E-state index contributed by atoms with van der Waals surface area (Å²) >= 11 is 0. The number of rotatable bonds is 4. The summed E-state index contributed by atoms with van der Waals surface area (Å²) in [5.74, 6) is -1.91. The number of hydrogen-bond donors (Lipinski definition) is 0. The summed E-state index contributed by atoms with van der Waals surface area (Å²) in [4.78, 5) is 34.6. The van der Waals surface area contributed by atoms with E-state index in [1.54, 1.807) is 17.9 Å². The highest BCUT2D eigenvalue weighted by Crippen LogP contribution is 2.33. The van der Waals surface area contributed by atoms with Crippen molar-refractivity contribution < 1.29 is 22.3 Å². The highest BCUT2D eigenvalue weighted by molar-refractivity contribution is 5.90. The van der Waals surface area contributed by atoms with Gasteiger partial charge in [-0.2, -0.15) is 18.4 Å². The number of aromatic nitrogens is 6. The summed E-state index contributed by atoms with van der Waals surface area (Å²) in [7, 11) is 0.930. The van der Waals surface area contributed by atoms with E-state index in [1.165, 1.54) is 24.7 Å². The lowest BCUT2D eigenvalue weighted by atomic mass is 10.1. The summed E-state index contributed by atoms with van der Waals surface area (Å²) < 4.78 is 61.9. The van der Waals surface area contributed by atoms with Gasteiger partial charge in [0.05, 0.1) is 36.6 Å². The Labute approximate surface area is 205 Å². The van der Waals surface area contributed by atoms with Gasteiger partial charge in [0.2, 0.25) is 11.8 Å². The van der Waals surface area contributed by atoms with E-state index < -0.39 is 34.4 Å². The van der Waals surface area contributed by atoms with Gasteiger partial charge in [0.25, 0.3) is 5.56 Å². The summed E-state index contributed by atoms with van der Waals surface area (Å²) in [5.41, 5.74) is -1.87. The fraction of sp³-hybridized carbons (Fsp3) is 0.261. The molecule has 188 valence electrons. The maximum Gasteiger partial charge on any atom is 0.449 e. The molecule has 14 heteroatoms. The van der Waals surface area contributed by atoms with Gasteiger partial charge in [0.1, 0.15) is 29.5 Å². The van der Waals surface area contributed by atoms with E-state index >= 15 is 0 Å². The van der Waals surface area contributed by atoms with Gasteiger partial charge in [-0.25, -0.2) is 29.3 Å². The molecule has 1 aliphatic heterocycles. The molecule has 0 radical (unpaired) electrons. The van der Waals surface area contributed by atoms with E-state index in [2.05, 4.69) is 24.9 Å². The van der Waals surface area contributed by atoms with E-state index in [9.17, 15) is 22.4 Å². The Kier molecular flexibility index (Phi) is 5.70. The smallest absolute Gasteiger partial charge is 0.449 e. The topological polar surface area (TPSA) is 123 Å². The first-order chi connectivity index (χ1) is 17.6. The number of nitrogens with zero attached hydrogens (tertiary/aromatic N) is 8. The molecule has 0 saturated carbocycles. The van der Waals surface area contributed by atoms with Crippen LogP contribution in [0.15, 0.2) is 35.5 Å². The summed E-state index contributed by atoms with van der Waals surface area (Å²) in [6, 6.07) is 5.20. The summed E-state index contributed by atoms with van der Waals surface area (Å²) in [6.07, 6.45) is -2.34. The van der Waals surface area contributed by atoms with Crippen molar-refractivity contribution >= 4 is 17.0 Å². The number of anilines is 1. The van der Waals surface area contributed by atoms with Crippen LogP contribution in [-0.2, 0) is 13.2 Å². The zero-order valence-electron chi connectivity index (χ0n) is 19.3. The van der Waals surface area contributed by atoms with Crippen LogP contribution in [0.5, 0.6) is 5.75 Å². The zero-order chi connectivity index (χ0) is 26.5. The van der Waals surface area contributed by atoms with Crippen molar-refractivity contribution in [3.63, 3.8) is 0 Å². The molecule has 3 aromatic heterocycles. The van der Waals surface area contributed by atoms with Crippen molar-refractivity contribution in [3.05, 3.63) is 64.0 Å². The van der Waals surface area contributed by atoms with Crippen molar-refractivity contribution in [1.29, 1.82) is 5.26 Å². The standard InChI is InChI=1S/C23H16F4N8O2/c1-11-16(7-29-10-30-11)37-13-8-35(9-13)22-32-17(14-4-3-12(6-28)5-15(14)24)18-19(33-22)20(36)34(2)21(31-18)23(25,26)27/h3-5,7,10,13H,8-9H2,1-2H3. The number of ether oxygens (including phenoxy) is 1. The first kappa shape index (κ1) is 24.0. The summed E-state index contributed by atoms with van der Waals surface area (Å²) in [6.45, 7) is 2.32. The second kappa shape index (κ2) is 8.77. The maximum atomic E-state index is 14.9. The Bertz CT molecular complexity index is 1640. The minimum Gasteiger partial charge on any atom is -0.483 e. The van der Waals surface area contributed by atoms with E-state index in [0.29, 0.717) is 16.0 Å². The lowest BCUT2D eigenvalue weighted by Crippen LogP contribution is -2.54. The molecule has 0 atom stereocenters. The largest absolute Gasteiger partial charge is 0.483 e. The summed E-state index contributed by atoms with van der Waals surface area (Å²) in [5, 5.41) is 9.04. The molecule has 0 unspecified atom stereocenters. The van der Waals surface area contributed by atoms with E-state index in [1.807, 2.05) is 0 Å². The highest BCUT2D eigenvalue weighted by Gasteiger charge is 2.38. The fourth-order valence-corrected chi connectivity index (χ4v) is 3.84. The van der Waals surface area contributed by atoms with Gasteiger partial charge in [-0.3, -0.25) is 9.36 Å². The van der Waals surface area contributed by atoms with E-state index in [-0.39, 0.29) is 42.0 Å². The first-order valence-corrected chi connectivity index (χ1v) is 10.8. The molecule has 10 nitrogen and oxygen atoms in total. The third-order valence-electron chi connectivity index (χ3n) is 5.81. The number of aryl methyl sites for hydroxylation is 1. The third-order valence-corrected chi connectivity index (χ3v) is 5.81. The Morgan fingerprint density at radius 2 is 1.92 bits per heavy atom. The lowest BCUT2D eigenvalue weighted by molar-refractivity contribution is -0.147. The molecule has 1 fully saturated rings. The van der Waals surface area contributed by atoms with Crippen LogP contribution in [-0.4, -0.2) is 48.7 Å². The fourth-order valence-electron chi connectivity index (χ4n) is 3.84. The Hall–Kier alpha value is -4.67. The quantitative estimate of drug-likeness (QED) is 0.380. The predicted molar refractivity (Wildman–Crippen MR) is 121 cm³/mol. The van der Waals surface area contributed by atoms with Crippen molar-refractivity contribution in [2.24, 2.45) is 7.05 Å². The number of nitriles is 1. The minimum absolute atomic E-state index is 0.00241. The molecule has 1 aliphatic rings. The second-order valence-electron chi connectivity index (χ2n) is 8.29. The van der Waals surface area contributed by atoms with Crippen molar-refractivity contribution in [2.75, 3.05) is 18.0 Å². The average Bonchev–Trinajstić information content (AvgIpc) is 2.83. The maximum absolute atomic E-state index is 14.9. The monoisotopic (exact) mass is 512 g/mol. The number of halogens is 4. The van der Waals surface area contributed by atoms with Gasteiger partial charge < -0.3 is 9.64 Å². The molecular weight excluding hydrogens is 496 g/mol.